The standard InChI is InChI=1S/C15H21N7O7S/c23-13(11-6-10(7-16-11)21-5-1-4-17-21)18-19-14(24)12-3-2-9-8-20(12)15(25)22(9)29-30(26,27)28/h1,4-5,9-12,16H,2-3,6-8H2,(H,18,23)(H,19,24)(H,26,27,28)/t9-,10+,11?,12+/m1/s1. The van der Waals surface area contributed by atoms with Crippen molar-refractivity contribution in [3.05, 3.63) is 18.5 Å². The summed E-state index contributed by atoms with van der Waals surface area (Å²) in [7, 11) is -4.86. The number of fused-ring (bicyclic) bond motifs is 2. The molecular formula is C15H21N7O7S. The van der Waals surface area contributed by atoms with E-state index in [0.717, 1.165) is 4.90 Å². The fourth-order valence-corrected chi connectivity index (χ4v) is 4.40. The number of hydrogen-bond acceptors (Lipinski definition) is 8. The van der Waals surface area contributed by atoms with Crippen LogP contribution in [0.1, 0.15) is 25.3 Å². The van der Waals surface area contributed by atoms with Crippen molar-refractivity contribution in [1.29, 1.82) is 0 Å². The average molecular weight is 443 g/mol. The highest BCUT2D eigenvalue weighted by Crippen LogP contribution is 2.30. The first-order valence-electron chi connectivity index (χ1n) is 9.32. The summed E-state index contributed by atoms with van der Waals surface area (Å²) in [6.45, 7) is 0.625. The molecular weight excluding hydrogens is 422 g/mol. The van der Waals surface area contributed by atoms with Crippen molar-refractivity contribution in [2.45, 2.75) is 43.4 Å². The van der Waals surface area contributed by atoms with Crippen molar-refractivity contribution in [3.63, 3.8) is 0 Å². The molecule has 164 valence electrons. The van der Waals surface area contributed by atoms with Gasteiger partial charge >= 0.3 is 16.4 Å². The molecule has 4 rings (SSSR count). The van der Waals surface area contributed by atoms with E-state index in [9.17, 15) is 22.8 Å². The summed E-state index contributed by atoms with van der Waals surface area (Å²) in [4.78, 5) is 38.4. The first-order valence-corrected chi connectivity index (χ1v) is 10.7. The lowest BCUT2D eigenvalue weighted by molar-refractivity contribution is -0.132. The zero-order valence-electron chi connectivity index (χ0n) is 15.7. The van der Waals surface area contributed by atoms with Crippen LogP contribution in [-0.2, 0) is 24.3 Å². The number of hydrazine groups is 1. The predicted molar refractivity (Wildman–Crippen MR) is 97.3 cm³/mol. The van der Waals surface area contributed by atoms with Crippen molar-refractivity contribution in [1.82, 2.24) is 35.9 Å². The third kappa shape index (κ3) is 4.09. The maximum atomic E-state index is 12.5. The topological polar surface area (TPSA) is 175 Å². The number of nitrogens with zero attached hydrogens (tertiary/aromatic N) is 4. The Morgan fingerprint density at radius 1 is 1.23 bits per heavy atom. The van der Waals surface area contributed by atoms with Crippen LogP contribution in [0.15, 0.2) is 18.5 Å². The molecule has 4 amide bonds. The van der Waals surface area contributed by atoms with Gasteiger partial charge in [0.05, 0.1) is 18.1 Å². The summed E-state index contributed by atoms with van der Waals surface area (Å²) in [5.74, 6) is -1.03. The lowest BCUT2D eigenvalue weighted by atomic mass is 10.0. The zero-order chi connectivity index (χ0) is 21.5. The third-order valence-electron chi connectivity index (χ3n) is 5.43. The molecule has 1 unspecified atom stereocenters. The monoisotopic (exact) mass is 443 g/mol. The van der Waals surface area contributed by atoms with Gasteiger partial charge in [-0.25, -0.2) is 4.79 Å². The van der Waals surface area contributed by atoms with E-state index >= 15 is 0 Å². The van der Waals surface area contributed by atoms with Gasteiger partial charge in [0.15, 0.2) is 0 Å². The molecule has 3 aliphatic heterocycles. The highest BCUT2D eigenvalue weighted by atomic mass is 32.3. The van der Waals surface area contributed by atoms with Crippen molar-refractivity contribution >= 4 is 28.2 Å². The highest BCUT2D eigenvalue weighted by Gasteiger charge is 2.49. The second-order valence-corrected chi connectivity index (χ2v) is 8.33. The molecule has 0 saturated carbocycles. The summed E-state index contributed by atoms with van der Waals surface area (Å²) in [6.07, 6.45) is 4.50. The quantitative estimate of drug-likeness (QED) is 0.294. The van der Waals surface area contributed by atoms with Crippen LogP contribution in [-0.4, -0.2) is 81.8 Å². The molecule has 0 aliphatic carbocycles. The van der Waals surface area contributed by atoms with E-state index in [0.29, 0.717) is 24.4 Å². The van der Waals surface area contributed by atoms with Gasteiger partial charge in [-0.05, 0) is 25.3 Å². The number of rotatable bonds is 5. The minimum atomic E-state index is -4.86. The van der Waals surface area contributed by atoms with E-state index in [-0.39, 0.29) is 19.0 Å². The molecule has 0 spiro atoms. The van der Waals surface area contributed by atoms with Gasteiger partial charge in [0.2, 0.25) is 0 Å². The molecule has 4 atom stereocenters. The van der Waals surface area contributed by atoms with E-state index in [1.165, 1.54) is 0 Å². The second-order valence-electron chi connectivity index (χ2n) is 7.32. The summed E-state index contributed by atoms with van der Waals surface area (Å²) >= 11 is 0. The molecule has 0 aromatic carbocycles. The van der Waals surface area contributed by atoms with Gasteiger partial charge in [0, 0.05) is 25.5 Å². The lowest BCUT2D eigenvalue weighted by Crippen LogP contribution is -2.56. The first kappa shape index (κ1) is 20.5. The average Bonchev–Trinajstić information content (AvgIpc) is 3.43. The molecule has 2 bridgehead atoms. The Kier molecular flexibility index (Phi) is 5.35. The van der Waals surface area contributed by atoms with Gasteiger partial charge in [0.25, 0.3) is 11.8 Å². The maximum absolute atomic E-state index is 12.5. The number of aromatic nitrogens is 2. The van der Waals surface area contributed by atoms with Crippen molar-refractivity contribution in [3.8, 4) is 0 Å². The Morgan fingerprint density at radius 2 is 2.00 bits per heavy atom. The largest absolute Gasteiger partial charge is 0.418 e. The number of carbonyl (C=O) groups is 3. The van der Waals surface area contributed by atoms with E-state index in [1.807, 2.05) is 6.20 Å². The van der Waals surface area contributed by atoms with Gasteiger partial charge in [-0.3, -0.25) is 29.7 Å². The summed E-state index contributed by atoms with van der Waals surface area (Å²) in [5, 5.41) is 7.78. The fourth-order valence-electron chi connectivity index (χ4n) is 4.01. The molecule has 3 aliphatic rings. The van der Waals surface area contributed by atoms with Gasteiger partial charge in [-0.1, -0.05) is 0 Å². The van der Waals surface area contributed by atoms with Crippen molar-refractivity contribution in [2.24, 2.45) is 0 Å². The zero-order valence-corrected chi connectivity index (χ0v) is 16.5. The number of amides is 4. The molecule has 1 aromatic rings. The smallest absolute Gasteiger partial charge is 0.309 e. The SMILES string of the molecule is O=C(NNC(=O)[C@@H]1CC[C@@H]2CN1C(=O)N2OS(=O)(=O)O)C1C[C@H](n2cccn2)CN1. The van der Waals surface area contributed by atoms with Crippen LogP contribution in [0, 0.1) is 0 Å². The second kappa shape index (κ2) is 7.82. The molecule has 3 saturated heterocycles. The fraction of sp³-hybridized carbons (Fsp3) is 0.600. The van der Waals surface area contributed by atoms with Gasteiger partial charge in [-0.2, -0.15) is 18.6 Å². The van der Waals surface area contributed by atoms with Crippen LogP contribution in [0.3, 0.4) is 0 Å². The molecule has 4 heterocycles. The molecule has 30 heavy (non-hydrogen) atoms. The first-order chi connectivity index (χ1) is 14.2. The number of hydroxylamine groups is 2. The normalized spacial score (nSPS) is 28.6. The van der Waals surface area contributed by atoms with E-state index in [4.69, 9.17) is 4.55 Å². The molecule has 1 aromatic heterocycles. The van der Waals surface area contributed by atoms with Crippen LogP contribution in [0.4, 0.5) is 4.79 Å². The molecule has 15 heteroatoms. The predicted octanol–water partition coefficient (Wildman–Crippen LogP) is -2.06. The Morgan fingerprint density at radius 3 is 2.70 bits per heavy atom. The highest BCUT2D eigenvalue weighted by molar-refractivity contribution is 7.80. The Bertz CT molecular complexity index is 937. The number of carbonyl (C=O) groups excluding carboxylic acids is 3. The van der Waals surface area contributed by atoms with Crippen LogP contribution in [0.5, 0.6) is 0 Å². The molecule has 0 radical (unpaired) electrons. The van der Waals surface area contributed by atoms with E-state index < -0.39 is 46.4 Å². The van der Waals surface area contributed by atoms with Crippen molar-refractivity contribution < 1.29 is 31.6 Å². The van der Waals surface area contributed by atoms with Crippen LogP contribution in [0.25, 0.3) is 0 Å². The number of piperidine rings is 1. The van der Waals surface area contributed by atoms with E-state index in [2.05, 4.69) is 25.6 Å². The molecule has 4 N–H and O–H groups in total. The van der Waals surface area contributed by atoms with Gasteiger partial charge in [0.1, 0.15) is 6.04 Å². The van der Waals surface area contributed by atoms with Crippen LogP contribution >= 0.6 is 0 Å². The third-order valence-corrected chi connectivity index (χ3v) is 5.78. The van der Waals surface area contributed by atoms with Crippen LogP contribution in [0.2, 0.25) is 0 Å². The van der Waals surface area contributed by atoms with Gasteiger partial charge < -0.3 is 10.2 Å². The molecule has 14 nitrogen and oxygen atoms in total. The minimum absolute atomic E-state index is 0.0257. The van der Waals surface area contributed by atoms with Crippen LogP contribution < -0.4 is 16.2 Å². The molecule has 3 fully saturated rings. The number of hydrogen-bond donors (Lipinski definition) is 4. The minimum Gasteiger partial charge on any atom is -0.309 e. The van der Waals surface area contributed by atoms with Gasteiger partial charge in [-0.15, -0.1) is 4.28 Å². The van der Waals surface area contributed by atoms with Crippen molar-refractivity contribution in [2.75, 3.05) is 13.1 Å². The number of nitrogens with one attached hydrogen (secondary N) is 3. The Balaban J connectivity index is 1.29. The Hall–Kier alpha value is -2.75. The summed E-state index contributed by atoms with van der Waals surface area (Å²) in [5.41, 5.74) is 4.68. The lowest BCUT2D eigenvalue weighted by Gasteiger charge is -2.29. The Labute approximate surface area is 171 Å². The summed E-state index contributed by atoms with van der Waals surface area (Å²) < 4.78 is 36.7. The number of urea groups is 1. The summed E-state index contributed by atoms with van der Waals surface area (Å²) in [6, 6.07) is -1.04. The van der Waals surface area contributed by atoms with E-state index in [1.54, 1.807) is 16.9 Å². The maximum Gasteiger partial charge on any atom is 0.418 e.